The van der Waals surface area contributed by atoms with Crippen LogP contribution in [0.1, 0.15) is 0 Å². The molecule has 0 aliphatic carbocycles. The van der Waals surface area contributed by atoms with Gasteiger partial charge in [0.2, 0.25) is 0 Å². The predicted octanol–water partition coefficient (Wildman–Crippen LogP) is 10.9. The Labute approximate surface area is 246 Å². The summed E-state index contributed by atoms with van der Waals surface area (Å²) in [4.78, 5) is 0. The smallest absolute Gasteiger partial charge is 0.145 e. The van der Waals surface area contributed by atoms with Gasteiger partial charge in [-0.2, -0.15) is 0 Å². The second-order valence-corrected chi connectivity index (χ2v) is 11.3. The first-order valence-electron chi connectivity index (χ1n) is 14.7. The molecule has 3 aromatic heterocycles. The molecule has 0 fully saturated rings. The largest absolute Gasteiger partial charge is 0.455 e. The molecular weight excluding hydrogens is 524 g/mol. The Bertz CT molecular complexity index is 2720. The quantitative estimate of drug-likeness (QED) is 0.211. The van der Waals surface area contributed by atoms with Gasteiger partial charge in [-0.15, -0.1) is 0 Å². The van der Waals surface area contributed by atoms with E-state index in [2.05, 4.69) is 149 Å². The molecule has 3 heterocycles. The van der Waals surface area contributed by atoms with Gasteiger partial charge in [0.15, 0.2) is 0 Å². The lowest BCUT2D eigenvalue weighted by molar-refractivity contribution is 0.673. The Morgan fingerprint density at radius 3 is 1.98 bits per heavy atom. The van der Waals surface area contributed by atoms with Crippen LogP contribution in [0.3, 0.4) is 0 Å². The molecule has 0 aliphatic heterocycles. The van der Waals surface area contributed by atoms with Crippen LogP contribution in [0.15, 0.2) is 150 Å². The van der Waals surface area contributed by atoms with E-state index in [1.165, 1.54) is 43.5 Å². The van der Waals surface area contributed by atoms with Gasteiger partial charge in [-0.25, -0.2) is 0 Å². The Balaban J connectivity index is 1.46. The fraction of sp³-hybridized carbons (Fsp3) is 0. The third-order valence-electron chi connectivity index (χ3n) is 9.08. The lowest BCUT2D eigenvalue weighted by atomic mass is 10.1. The van der Waals surface area contributed by atoms with Crippen molar-refractivity contribution in [3.63, 3.8) is 0 Å². The molecule has 3 nitrogen and oxygen atoms in total. The normalized spacial score (nSPS) is 12.2. The molecule has 0 bridgehead atoms. The number of benzene rings is 7. The van der Waals surface area contributed by atoms with Crippen molar-refractivity contribution in [2.24, 2.45) is 0 Å². The third-order valence-corrected chi connectivity index (χ3v) is 9.08. The second kappa shape index (κ2) is 8.37. The van der Waals surface area contributed by atoms with Crippen molar-refractivity contribution in [3.8, 4) is 11.4 Å². The zero-order chi connectivity index (χ0) is 28.1. The summed E-state index contributed by atoms with van der Waals surface area (Å²) in [7, 11) is 0. The summed E-state index contributed by atoms with van der Waals surface area (Å²) in [5.41, 5.74) is 8.86. The second-order valence-electron chi connectivity index (χ2n) is 11.3. The number of para-hydroxylation sites is 3. The topological polar surface area (TPSA) is 23.0 Å². The summed E-state index contributed by atoms with van der Waals surface area (Å²) in [6.45, 7) is 0. The molecular formula is C40H24N2O. The highest BCUT2D eigenvalue weighted by molar-refractivity contribution is 6.31. The molecule has 0 saturated heterocycles. The predicted molar refractivity (Wildman–Crippen MR) is 180 cm³/mol. The van der Waals surface area contributed by atoms with E-state index < -0.39 is 0 Å². The summed E-state index contributed by atoms with van der Waals surface area (Å²) in [5, 5.41) is 9.56. The van der Waals surface area contributed by atoms with Crippen LogP contribution in [0.25, 0.3) is 87.7 Å². The van der Waals surface area contributed by atoms with E-state index in [0.717, 1.165) is 44.2 Å². The van der Waals surface area contributed by atoms with Gasteiger partial charge in [0.05, 0.1) is 27.5 Å². The van der Waals surface area contributed by atoms with Crippen LogP contribution in [-0.2, 0) is 0 Å². The lowest BCUT2D eigenvalue weighted by Crippen LogP contribution is -1.95. The monoisotopic (exact) mass is 548 g/mol. The maximum Gasteiger partial charge on any atom is 0.145 e. The molecule has 0 unspecified atom stereocenters. The maximum absolute atomic E-state index is 6.65. The van der Waals surface area contributed by atoms with Gasteiger partial charge >= 0.3 is 0 Å². The van der Waals surface area contributed by atoms with Crippen LogP contribution in [0, 0.1) is 0 Å². The van der Waals surface area contributed by atoms with E-state index in [9.17, 15) is 0 Å². The zero-order valence-corrected chi connectivity index (χ0v) is 23.2. The first kappa shape index (κ1) is 22.8. The fourth-order valence-electron chi connectivity index (χ4n) is 7.26. The van der Waals surface area contributed by atoms with E-state index in [4.69, 9.17) is 4.42 Å². The Morgan fingerprint density at radius 2 is 1.09 bits per heavy atom. The molecule has 7 aromatic carbocycles. The van der Waals surface area contributed by atoms with Crippen LogP contribution in [-0.4, -0.2) is 9.13 Å². The van der Waals surface area contributed by atoms with Crippen LogP contribution < -0.4 is 0 Å². The lowest BCUT2D eigenvalue weighted by Gasteiger charge is -2.11. The molecule has 0 atom stereocenters. The fourth-order valence-corrected chi connectivity index (χ4v) is 7.26. The van der Waals surface area contributed by atoms with Crippen LogP contribution >= 0.6 is 0 Å². The number of aromatic nitrogens is 2. The summed E-state index contributed by atoms with van der Waals surface area (Å²) >= 11 is 0. The van der Waals surface area contributed by atoms with Gasteiger partial charge in [0.1, 0.15) is 11.2 Å². The molecule has 10 rings (SSSR count). The SMILES string of the molecule is c1ccc(-n2c3ccccc3c3c2ccc2c4c5oc6ccccc6c5ccc4n(-c4ccc5ccccc5c4)c23)cc1. The Morgan fingerprint density at radius 1 is 0.395 bits per heavy atom. The minimum absolute atomic E-state index is 0.915. The van der Waals surface area contributed by atoms with Crippen LogP contribution in [0.4, 0.5) is 0 Å². The van der Waals surface area contributed by atoms with Crippen LogP contribution in [0.5, 0.6) is 0 Å². The van der Waals surface area contributed by atoms with Crippen molar-refractivity contribution in [1.29, 1.82) is 0 Å². The summed E-state index contributed by atoms with van der Waals surface area (Å²) in [6, 6.07) is 52.3. The van der Waals surface area contributed by atoms with Crippen molar-refractivity contribution in [2.75, 3.05) is 0 Å². The standard InChI is InChI=1S/C40H24N2O/c1-2-12-27(13-3-1)41-33-16-8-6-15-31(33)37-34(41)23-21-32-38-35(22-20-30-29-14-7-9-17-36(29)43-40(30)38)42(39(32)37)28-19-18-25-10-4-5-11-26(25)24-28/h1-24H. The molecule has 0 N–H and O–H groups in total. The first-order chi connectivity index (χ1) is 21.3. The zero-order valence-electron chi connectivity index (χ0n) is 23.2. The van der Waals surface area contributed by atoms with Gasteiger partial charge < -0.3 is 13.6 Å². The molecule has 0 spiro atoms. The molecule has 0 radical (unpaired) electrons. The van der Waals surface area contributed by atoms with E-state index in [1.54, 1.807) is 0 Å². The molecule has 200 valence electrons. The minimum atomic E-state index is 0.915. The number of fused-ring (bicyclic) bond motifs is 12. The van der Waals surface area contributed by atoms with Gasteiger partial charge in [-0.05, 0) is 71.4 Å². The average Bonchev–Trinajstić information content (AvgIpc) is 3.72. The summed E-state index contributed by atoms with van der Waals surface area (Å²) in [5.74, 6) is 0. The van der Waals surface area contributed by atoms with Crippen molar-refractivity contribution in [1.82, 2.24) is 9.13 Å². The van der Waals surface area contributed by atoms with E-state index in [-0.39, 0.29) is 0 Å². The van der Waals surface area contributed by atoms with Gasteiger partial charge in [0.25, 0.3) is 0 Å². The third kappa shape index (κ3) is 3.03. The van der Waals surface area contributed by atoms with Gasteiger partial charge in [-0.1, -0.05) is 84.9 Å². The molecule has 0 aliphatic rings. The van der Waals surface area contributed by atoms with E-state index in [0.29, 0.717) is 0 Å². The Hall–Kier alpha value is -5.80. The number of furan rings is 1. The maximum atomic E-state index is 6.65. The van der Waals surface area contributed by atoms with Crippen molar-refractivity contribution >= 4 is 76.3 Å². The Kier molecular flexibility index (Phi) is 4.45. The highest BCUT2D eigenvalue weighted by Gasteiger charge is 2.23. The van der Waals surface area contributed by atoms with Crippen LogP contribution in [0.2, 0.25) is 0 Å². The molecule has 43 heavy (non-hydrogen) atoms. The highest BCUT2D eigenvalue weighted by Crippen LogP contribution is 2.45. The molecule has 3 heteroatoms. The average molecular weight is 549 g/mol. The first-order valence-corrected chi connectivity index (χ1v) is 14.7. The van der Waals surface area contributed by atoms with E-state index in [1.807, 2.05) is 6.07 Å². The summed E-state index contributed by atoms with van der Waals surface area (Å²) < 4.78 is 11.5. The van der Waals surface area contributed by atoms with Crippen molar-refractivity contribution in [2.45, 2.75) is 0 Å². The van der Waals surface area contributed by atoms with Crippen molar-refractivity contribution in [3.05, 3.63) is 146 Å². The van der Waals surface area contributed by atoms with Gasteiger partial charge in [0, 0.05) is 38.3 Å². The molecule has 0 amide bonds. The molecule has 0 saturated carbocycles. The summed E-state index contributed by atoms with van der Waals surface area (Å²) in [6.07, 6.45) is 0. The number of rotatable bonds is 2. The van der Waals surface area contributed by atoms with Gasteiger partial charge in [-0.3, -0.25) is 0 Å². The van der Waals surface area contributed by atoms with E-state index >= 15 is 0 Å². The molecule has 10 aromatic rings. The number of nitrogens with zero attached hydrogens (tertiary/aromatic N) is 2. The minimum Gasteiger partial charge on any atom is -0.455 e. The highest BCUT2D eigenvalue weighted by atomic mass is 16.3. The number of hydrogen-bond donors (Lipinski definition) is 0. The number of hydrogen-bond acceptors (Lipinski definition) is 1. The van der Waals surface area contributed by atoms with Crippen molar-refractivity contribution < 1.29 is 4.42 Å².